The van der Waals surface area contributed by atoms with E-state index < -0.39 is 6.09 Å². The summed E-state index contributed by atoms with van der Waals surface area (Å²) in [7, 11) is 3.64. The lowest BCUT2D eigenvalue weighted by atomic mass is 10.2. The highest BCUT2D eigenvalue weighted by Gasteiger charge is 2.05. The molecule has 3 aromatic rings. The van der Waals surface area contributed by atoms with Gasteiger partial charge in [0.25, 0.3) is 0 Å². The van der Waals surface area contributed by atoms with Gasteiger partial charge in [-0.3, -0.25) is 19.0 Å². The summed E-state index contributed by atoms with van der Waals surface area (Å²) in [6, 6.07) is 9.48. The molecule has 0 bridgehead atoms. The molecule has 0 atom stereocenters. The normalized spacial score (nSPS) is 9.81. The standard InChI is InChI=1S/C19H27N5O3.C10H19N5O2.2C2H6/c1-24-14-17(22-23-24)10-5-6-12-20-18(25)11-7-13-21-19(26)27-15-16-8-3-2-4-9-16;1-15-7-9(13-14-15)8-17-6-5-12-10(16)3-2-4-11;2*1-2/h2-4,8-9,14H,5-7,10-13,15H2,1H3,(H,20,25)(H,21,26);7H,2-6,8,11H2,1H3,(H,12,16);2*1-2H3. The van der Waals surface area contributed by atoms with Crippen LogP contribution in [0.15, 0.2) is 42.7 Å². The van der Waals surface area contributed by atoms with E-state index in [2.05, 4.69) is 36.6 Å². The molecule has 3 rings (SSSR count). The van der Waals surface area contributed by atoms with Crippen molar-refractivity contribution in [2.24, 2.45) is 19.8 Å². The molecule has 0 radical (unpaired) electrons. The number of unbranched alkanes of at least 4 members (excludes halogenated alkanes) is 1. The summed E-state index contributed by atoms with van der Waals surface area (Å²) < 4.78 is 13.7. The highest BCUT2D eigenvalue weighted by atomic mass is 16.5. The van der Waals surface area contributed by atoms with Gasteiger partial charge in [0.1, 0.15) is 12.3 Å². The summed E-state index contributed by atoms with van der Waals surface area (Å²) in [6.07, 6.45) is 8.07. The van der Waals surface area contributed by atoms with Gasteiger partial charge in [-0.1, -0.05) is 68.5 Å². The van der Waals surface area contributed by atoms with Gasteiger partial charge in [-0.05, 0) is 44.2 Å². The van der Waals surface area contributed by atoms with Gasteiger partial charge in [-0.25, -0.2) is 4.79 Å². The van der Waals surface area contributed by atoms with E-state index in [1.165, 1.54) is 0 Å². The number of alkyl carbamates (subject to hydrolysis) is 1. The first-order chi connectivity index (χ1) is 23.4. The quantitative estimate of drug-likeness (QED) is 0.137. The van der Waals surface area contributed by atoms with Crippen LogP contribution < -0.4 is 21.7 Å². The zero-order chi connectivity index (χ0) is 35.8. The number of benzene rings is 1. The predicted molar refractivity (Wildman–Crippen MR) is 185 cm³/mol. The Morgan fingerprint density at radius 1 is 0.729 bits per heavy atom. The van der Waals surface area contributed by atoms with Crippen LogP contribution >= 0.6 is 0 Å². The minimum absolute atomic E-state index is 0.00560. The zero-order valence-electron chi connectivity index (χ0n) is 29.7. The molecule has 3 amide bonds. The fraction of sp³-hybridized carbons (Fsp3) is 0.606. The van der Waals surface area contributed by atoms with Gasteiger partial charge in [-0.15, -0.1) is 10.2 Å². The molecule has 2 heterocycles. The number of amides is 3. The van der Waals surface area contributed by atoms with Crippen molar-refractivity contribution in [1.29, 1.82) is 0 Å². The first-order valence-corrected chi connectivity index (χ1v) is 16.8. The molecule has 48 heavy (non-hydrogen) atoms. The van der Waals surface area contributed by atoms with Crippen LogP contribution in [0.3, 0.4) is 0 Å². The highest BCUT2D eigenvalue weighted by molar-refractivity contribution is 5.76. The molecule has 0 saturated heterocycles. The zero-order valence-corrected chi connectivity index (χ0v) is 29.7. The lowest BCUT2D eigenvalue weighted by Gasteiger charge is -2.07. The van der Waals surface area contributed by atoms with Crippen molar-refractivity contribution in [1.82, 2.24) is 45.9 Å². The molecule has 15 heteroatoms. The molecule has 5 N–H and O–H groups in total. The van der Waals surface area contributed by atoms with E-state index in [-0.39, 0.29) is 18.4 Å². The van der Waals surface area contributed by atoms with Crippen LogP contribution in [0.25, 0.3) is 0 Å². The van der Waals surface area contributed by atoms with Gasteiger partial charge < -0.3 is 31.2 Å². The van der Waals surface area contributed by atoms with Crippen LogP contribution in [0, 0.1) is 0 Å². The summed E-state index contributed by atoms with van der Waals surface area (Å²) in [5.41, 5.74) is 7.98. The Morgan fingerprint density at radius 2 is 1.31 bits per heavy atom. The van der Waals surface area contributed by atoms with E-state index in [1.807, 2.05) is 71.3 Å². The SMILES string of the molecule is CC.CC.Cn1cc(CCCCNC(=O)CCCNC(=O)OCc2ccccc2)nn1.Cn1cc(COCCNC(=O)CCCN)nn1. The Balaban J connectivity index is 0.000000905. The van der Waals surface area contributed by atoms with E-state index >= 15 is 0 Å². The lowest BCUT2D eigenvalue weighted by molar-refractivity contribution is -0.122. The number of aromatic nitrogens is 6. The second kappa shape index (κ2) is 30.0. The molecular weight excluding hydrogens is 616 g/mol. The first kappa shape index (κ1) is 43.6. The number of nitrogens with one attached hydrogen (secondary N) is 3. The minimum atomic E-state index is -0.469. The summed E-state index contributed by atoms with van der Waals surface area (Å²) in [6.45, 7) is 11.2. The van der Waals surface area contributed by atoms with Gasteiger partial charge >= 0.3 is 6.09 Å². The monoisotopic (exact) mass is 674 g/mol. The Bertz CT molecular complexity index is 1220. The maximum atomic E-state index is 11.8. The largest absolute Gasteiger partial charge is 0.445 e. The number of rotatable bonds is 19. The van der Waals surface area contributed by atoms with Crippen molar-refractivity contribution >= 4 is 17.9 Å². The molecular formula is C33H58N10O5. The van der Waals surface area contributed by atoms with Crippen LogP contribution in [0.4, 0.5) is 4.79 Å². The smallest absolute Gasteiger partial charge is 0.407 e. The third-order valence-corrected chi connectivity index (χ3v) is 5.97. The molecule has 0 unspecified atom stereocenters. The van der Waals surface area contributed by atoms with Gasteiger partial charge in [0, 0.05) is 52.8 Å². The van der Waals surface area contributed by atoms with Crippen LogP contribution in [0.5, 0.6) is 0 Å². The Hall–Kier alpha value is -4.37. The summed E-state index contributed by atoms with van der Waals surface area (Å²) in [4.78, 5) is 34.5. The van der Waals surface area contributed by atoms with Crippen molar-refractivity contribution in [3.63, 3.8) is 0 Å². The molecule has 0 aliphatic carbocycles. The number of carbonyl (C=O) groups is 3. The second-order valence-electron chi connectivity index (χ2n) is 9.96. The van der Waals surface area contributed by atoms with E-state index in [0.717, 1.165) is 36.2 Å². The molecule has 0 saturated carbocycles. The molecule has 0 aliphatic heterocycles. The van der Waals surface area contributed by atoms with Crippen LogP contribution in [0.2, 0.25) is 0 Å². The molecule has 1 aromatic carbocycles. The fourth-order valence-corrected chi connectivity index (χ4v) is 3.72. The third kappa shape index (κ3) is 23.9. The molecule has 0 fully saturated rings. The maximum absolute atomic E-state index is 11.8. The molecule has 0 aliphatic rings. The lowest BCUT2D eigenvalue weighted by Crippen LogP contribution is -2.28. The number of nitrogens with zero attached hydrogens (tertiary/aromatic N) is 6. The molecule has 0 spiro atoms. The predicted octanol–water partition coefficient (Wildman–Crippen LogP) is 3.20. The van der Waals surface area contributed by atoms with Gasteiger partial charge in [0.15, 0.2) is 0 Å². The van der Waals surface area contributed by atoms with E-state index in [1.54, 1.807) is 22.6 Å². The van der Waals surface area contributed by atoms with Crippen molar-refractivity contribution in [3.8, 4) is 0 Å². The number of nitrogens with two attached hydrogens (primary N) is 1. The summed E-state index contributed by atoms with van der Waals surface area (Å²) in [5.74, 6) is 0.00695. The van der Waals surface area contributed by atoms with Crippen LogP contribution in [-0.2, 0) is 52.8 Å². The number of aryl methyl sites for hydroxylation is 3. The van der Waals surface area contributed by atoms with E-state index in [0.29, 0.717) is 65.1 Å². The number of hydrogen-bond acceptors (Lipinski definition) is 10. The second-order valence-corrected chi connectivity index (χ2v) is 9.96. The molecule has 15 nitrogen and oxygen atoms in total. The molecule has 2 aromatic heterocycles. The van der Waals surface area contributed by atoms with Crippen LogP contribution in [-0.4, -0.2) is 80.7 Å². The Morgan fingerprint density at radius 3 is 1.92 bits per heavy atom. The van der Waals surface area contributed by atoms with E-state index in [9.17, 15) is 14.4 Å². The summed E-state index contributed by atoms with van der Waals surface area (Å²) in [5, 5.41) is 23.8. The van der Waals surface area contributed by atoms with Crippen molar-refractivity contribution in [2.75, 3.05) is 32.8 Å². The van der Waals surface area contributed by atoms with Crippen molar-refractivity contribution < 1.29 is 23.9 Å². The topological polar surface area (TPSA) is 193 Å². The minimum Gasteiger partial charge on any atom is -0.445 e. The van der Waals surface area contributed by atoms with Gasteiger partial charge in [0.05, 0.1) is 25.1 Å². The average Bonchev–Trinajstić information content (AvgIpc) is 3.73. The third-order valence-electron chi connectivity index (χ3n) is 5.97. The molecule has 270 valence electrons. The average molecular weight is 675 g/mol. The number of hydrogen-bond donors (Lipinski definition) is 4. The Labute approximate surface area is 285 Å². The first-order valence-electron chi connectivity index (χ1n) is 16.8. The number of carbonyl (C=O) groups excluding carboxylic acids is 3. The highest BCUT2D eigenvalue weighted by Crippen LogP contribution is 2.01. The van der Waals surface area contributed by atoms with Crippen LogP contribution in [0.1, 0.15) is 83.2 Å². The number of ether oxygens (including phenoxy) is 2. The van der Waals surface area contributed by atoms with Crippen molar-refractivity contribution in [2.45, 2.75) is 85.9 Å². The van der Waals surface area contributed by atoms with Gasteiger partial charge in [-0.2, -0.15) is 0 Å². The van der Waals surface area contributed by atoms with Gasteiger partial charge in [0.2, 0.25) is 11.8 Å². The summed E-state index contributed by atoms with van der Waals surface area (Å²) >= 11 is 0. The fourth-order valence-electron chi connectivity index (χ4n) is 3.72. The van der Waals surface area contributed by atoms with E-state index in [4.69, 9.17) is 15.2 Å². The Kier molecular flexibility index (Phi) is 27.3. The van der Waals surface area contributed by atoms with Crippen molar-refractivity contribution in [3.05, 3.63) is 59.7 Å². The maximum Gasteiger partial charge on any atom is 0.407 e.